The van der Waals surface area contributed by atoms with Gasteiger partial charge >= 0.3 is 6.09 Å². The van der Waals surface area contributed by atoms with Crippen molar-refractivity contribution in [2.24, 2.45) is 5.41 Å². The summed E-state index contributed by atoms with van der Waals surface area (Å²) in [6, 6.07) is 6.44. The van der Waals surface area contributed by atoms with E-state index in [0.29, 0.717) is 24.7 Å². The van der Waals surface area contributed by atoms with Crippen molar-refractivity contribution < 1.29 is 22.7 Å². The second-order valence-electron chi connectivity index (χ2n) is 7.86. The van der Waals surface area contributed by atoms with Crippen LogP contribution in [0.1, 0.15) is 40.5 Å². The Morgan fingerprint density at radius 3 is 2.38 bits per heavy atom. The minimum absolute atomic E-state index is 0.158. The fraction of sp³-hybridized carbons (Fsp3) is 0.650. The van der Waals surface area contributed by atoms with Gasteiger partial charge in [-0.25, -0.2) is 13.2 Å². The number of hydrogen-bond acceptors (Lipinski definition) is 6. The molecule has 0 aliphatic carbocycles. The summed E-state index contributed by atoms with van der Waals surface area (Å²) in [7, 11) is -2.07. The summed E-state index contributed by atoms with van der Waals surface area (Å²) in [5.41, 5.74) is -0.251. The monoisotopic (exact) mass is 446 g/mol. The molecular formula is C20H34N2O5S2. The third kappa shape index (κ3) is 8.84. The molecule has 1 rings (SSSR count). The maximum atomic E-state index is 13.1. The van der Waals surface area contributed by atoms with Crippen LogP contribution in [-0.4, -0.2) is 57.3 Å². The van der Waals surface area contributed by atoms with Crippen LogP contribution in [-0.2, 0) is 14.8 Å². The van der Waals surface area contributed by atoms with E-state index >= 15 is 0 Å². The molecule has 0 saturated heterocycles. The average Bonchev–Trinajstić information content (AvgIpc) is 2.64. The summed E-state index contributed by atoms with van der Waals surface area (Å²) in [4.78, 5) is 11.8. The molecule has 0 aliphatic rings. The van der Waals surface area contributed by atoms with E-state index in [1.165, 1.54) is 16.1 Å². The molecule has 0 radical (unpaired) electrons. The van der Waals surface area contributed by atoms with Gasteiger partial charge in [0.2, 0.25) is 10.0 Å². The second-order valence-corrected chi connectivity index (χ2v) is 10.6. The lowest BCUT2D eigenvalue weighted by Crippen LogP contribution is -2.39. The van der Waals surface area contributed by atoms with Gasteiger partial charge in [0.05, 0.1) is 24.0 Å². The zero-order valence-corrected chi connectivity index (χ0v) is 19.9. The number of alkyl carbamates (subject to hydrolysis) is 1. The first-order valence-corrected chi connectivity index (χ1v) is 12.4. The van der Waals surface area contributed by atoms with Crippen molar-refractivity contribution in [2.45, 2.75) is 51.5 Å². The fourth-order valence-corrected chi connectivity index (χ4v) is 5.36. The molecule has 1 N–H and O–H groups in total. The first kappa shape index (κ1) is 25.6. The Labute approximate surface area is 179 Å². The molecule has 29 heavy (non-hydrogen) atoms. The summed E-state index contributed by atoms with van der Waals surface area (Å²) in [6.45, 7) is 8.55. The maximum Gasteiger partial charge on any atom is 0.407 e. The van der Waals surface area contributed by atoms with E-state index in [2.05, 4.69) is 5.32 Å². The Hall–Kier alpha value is -1.45. The van der Waals surface area contributed by atoms with E-state index in [-0.39, 0.29) is 16.4 Å². The average molecular weight is 447 g/mol. The van der Waals surface area contributed by atoms with E-state index in [1.807, 2.05) is 20.1 Å². The number of nitrogens with one attached hydrogen (secondary N) is 1. The van der Waals surface area contributed by atoms with Gasteiger partial charge < -0.3 is 14.8 Å². The zero-order valence-electron chi connectivity index (χ0n) is 18.2. The molecule has 0 aliphatic heterocycles. The lowest BCUT2D eigenvalue weighted by molar-refractivity contribution is 0.115. The molecule has 1 aromatic rings. The van der Waals surface area contributed by atoms with Crippen molar-refractivity contribution in [3.05, 3.63) is 24.3 Å². The Bertz CT molecular complexity index is 734. The van der Waals surface area contributed by atoms with Gasteiger partial charge in [-0.3, -0.25) is 0 Å². The predicted octanol–water partition coefficient (Wildman–Crippen LogP) is 3.95. The summed E-state index contributed by atoms with van der Waals surface area (Å²) in [5.74, 6) is 0.987. The fourth-order valence-electron chi connectivity index (χ4n) is 2.81. The summed E-state index contributed by atoms with van der Waals surface area (Å²) in [5, 5.41) is 2.72. The van der Waals surface area contributed by atoms with Gasteiger partial charge in [-0.1, -0.05) is 13.8 Å². The van der Waals surface area contributed by atoms with Crippen LogP contribution in [0.15, 0.2) is 29.2 Å². The lowest BCUT2D eigenvalue weighted by atomic mass is 9.88. The van der Waals surface area contributed by atoms with Crippen molar-refractivity contribution in [1.82, 2.24) is 9.62 Å². The van der Waals surface area contributed by atoms with Gasteiger partial charge in [-0.05, 0) is 62.6 Å². The minimum Gasteiger partial charge on any atom is -0.497 e. The number of carbonyl (C=O) groups is 1. The van der Waals surface area contributed by atoms with Crippen molar-refractivity contribution in [3.8, 4) is 5.75 Å². The Morgan fingerprint density at radius 2 is 1.86 bits per heavy atom. The van der Waals surface area contributed by atoms with Crippen LogP contribution < -0.4 is 10.1 Å². The topological polar surface area (TPSA) is 84.9 Å². The van der Waals surface area contributed by atoms with Crippen LogP contribution in [0.2, 0.25) is 0 Å². The molecule has 0 spiro atoms. The molecule has 0 unspecified atom stereocenters. The van der Waals surface area contributed by atoms with Crippen molar-refractivity contribution in [1.29, 1.82) is 0 Å². The van der Waals surface area contributed by atoms with Gasteiger partial charge in [0, 0.05) is 13.1 Å². The van der Waals surface area contributed by atoms with Gasteiger partial charge in [0.15, 0.2) is 0 Å². The smallest absolute Gasteiger partial charge is 0.407 e. The van der Waals surface area contributed by atoms with Gasteiger partial charge in [-0.15, -0.1) is 11.8 Å². The van der Waals surface area contributed by atoms with Gasteiger partial charge in [0.1, 0.15) is 5.75 Å². The molecule has 1 amide bonds. The highest BCUT2D eigenvalue weighted by atomic mass is 32.2. The normalized spacial score (nSPS) is 12.3. The molecule has 1 aromatic carbocycles. The van der Waals surface area contributed by atoms with E-state index in [9.17, 15) is 13.2 Å². The van der Waals surface area contributed by atoms with Crippen LogP contribution in [0.4, 0.5) is 4.79 Å². The van der Waals surface area contributed by atoms with Crippen LogP contribution in [0.25, 0.3) is 0 Å². The quantitative estimate of drug-likeness (QED) is 0.387. The standard InChI is InChI=1S/C20H34N2O5S2/c1-16(2)27-19(23)21-13-7-12-20(3,4)14-22(15-28-6)29(24,25)18-10-8-17(26-5)9-11-18/h8-11,16H,7,12-15H2,1-6H3,(H,21,23). The third-order valence-electron chi connectivity index (χ3n) is 4.22. The first-order chi connectivity index (χ1) is 13.5. The number of carbonyl (C=O) groups excluding carboxylic acids is 1. The molecule has 0 atom stereocenters. The van der Waals surface area contributed by atoms with Crippen molar-refractivity contribution >= 4 is 27.9 Å². The van der Waals surface area contributed by atoms with Crippen LogP contribution >= 0.6 is 11.8 Å². The highest BCUT2D eigenvalue weighted by molar-refractivity contribution is 7.99. The summed E-state index contributed by atoms with van der Waals surface area (Å²) >= 11 is 1.47. The molecule has 0 aromatic heterocycles. The van der Waals surface area contributed by atoms with E-state index < -0.39 is 16.1 Å². The molecule has 0 bridgehead atoms. The molecule has 166 valence electrons. The van der Waals surface area contributed by atoms with Crippen LogP contribution in [0, 0.1) is 5.41 Å². The van der Waals surface area contributed by atoms with Crippen molar-refractivity contribution in [3.63, 3.8) is 0 Å². The van der Waals surface area contributed by atoms with Crippen LogP contribution in [0.5, 0.6) is 5.75 Å². The number of thioether (sulfide) groups is 1. The Balaban J connectivity index is 2.73. The van der Waals surface area contributed by atoms with E-state index in [0.717, 1.165) is 12.8 Å². The highest BCUT2D eigenvalue weighted by Gasteiger charge is 2.30. The maximum absolute atomic E-state index is 13.1. The largest absolute Gasteiger partial charge is 0.497 e. The van der Waals surface area contributed by atoms with Crippen LogP contribution in [0.3, 0.4) is 0 Å². The SMILES string of the molecule is COc1ccc(S(=O)(=O)N(CSC)CC(C)(C)CCCNC(=O)OC(C)C)cc1. The molecule has 9 heteroatoms. The number of benzene rings is 1. The number of hydrogen-bond donors (Lipinski definition) is 1. The lowest BCUT2D eigenvalue weighted by Gasteiger charge is -2.32. The number of rotatable bonds is 12. The van der Waals surface area contributed by atoms with Gasteiger partial charge in [0.25, 0.3) is 0 Å². The van der Waals surface area contributed by atoms with Gasteiger partial charge in [-0.2, -0.15) is 4.31 Å². The third-order valence-corrected chi connectivity index (χ3v) is 6.76. The molecule has 0 fully saturated rings. The Morgan fingerprint density at radius 1 is 1.24 bits per heavy atom. The van der Waals surface area contributed by atoms with E-state index in [4.69, 9.17) is 9.47 Å². The van der Waals surface area contributed by atoms with E-state index in [1.54, 1.807) is 45.2 Å². The summed E-state index contributed by atoms with van der Waals surface area (Å²) in [6.07, 6.45) is 2.79. The highest BCUT2D eigenvalue weighted by Crippen LogP contribution is 2.28. The number of methoxy groups -OCH3 is 1. The first-order valence-electron chi connectivity index (χ1n) is 9.59. The molecule has 7 nitrogen and oxygen atoms in total. The summed E-state index contributed by atoms with van der Waals surface area (Å²) < 4.78 is 37.9. The number of nitrogens with zero attached hydrogens (tertiary/aromatic N) is 1. The van der Waals surface area contributed by atoms with Crippen molar-refractivity contribution in [2.75, 3.05) is 32.3 Å². The number of amides is 1. The Kier molecular flexibility index (Phi) is 10.3. The number of sulfonamides is 1. The predicted molar refractivity (Wildman–Crippen MR) is 118 cm³/mol. The number of ether oxygens (including phenoxy) is 2. The molecular weight excluding hydrogens is 412 g/mol. The molecule has 0 saturated carbocycles. The zero-order chi connectivity index (χ0) is 22.1. The second kappa shape index (κ2) is 11.7. The molecule has 0 heterocycles. The minimum atomic E-state index is -3.61.